The summed E-state index contributed by atoms with van der Waals surface area (Å²) in [7, 11) is 0. The van der Waals surface area contributed by atoms with Gasteiger partial charge in [-0.3, -0.25) is 9.59 Å². The van der Waals surface area contributed by atoms with Crippen LogP contribution in [0.5, 0.6) is 0 Å². The zero-order valence-corrected chi connectivity index (χ0v) is 21.1. The number of rotatable bonds is 9. The van der Waals surface area contributed by atoms with Gasteiger partial charge in [-0.1, -0.05) is 76.6 Å². The van der Waals surface area contributed by atoms with Crippen molar-refractivity contribution in [3.63, 3.8) is 0 Å². The van der Waals surface area contributed by atoms with E-state index >= 15 is 0 Å². The second-order valence-electron chi connectivity index (χ2n) is 8.57. The number of aromatic nitrogens is 2. The normalized spacial score (nSPS) is 15.4. The molecule has 1 unspecified atom stereocenters. The van der Waals surface area contributed by atoms with Gasteiger partial charge in [0.05, 0.1) is 11.6 Å². The molecule has 0 radical (unpaired) electrons. The maximum Gasteiger partial charge on any atom is 0.271 e. The first-order chi connectivity index (χ1) is 17.6. The lowest BCUT2D eigenvalue weighted by Crippen LogP contribution is -2.33. The number of hydrogen-bond donors (Lipinski definition) is 2. The van der Waals surface area contributed by atoms with Crippen LogP contribution in [0.15, 0.2) is 113 Å². The van der Waals surface area contributed by atoms with Crippen molar-refractivity contribution in [3.05, 3.63) is 130 Å². The number of nitrogens with one attached hydrogen (secondary N) is 2. The van der Waals surface area contributed by atoms with Crippen molar-refractivity contribution in [1.82, 2.24) is 14.9 Å². The molecule has 0 saturated heterocycles. The minimum atomic E-state index is -0.513. The number of nitrogens with zero attached hydrogens (tertiary/aromatic N) is 2. The summed E-state index contributed by atoms with van der Waals surface area (Å²) in [6, 6.07) is 25.9. The molecule has 3 aromatic carbocycles. The van der Waals surface area contributed by atoms with Crippen LogP contribution in [0.3, 0.4) is 0 Å². The molecule has 0 fully saturated rings. The van der Waals surface area contributed by atoms with Crippen molar-refractivity contribution in [2.45, 2.75) is 18.9 Å². The molecule has 1 atom stereocenters. The van der Waals surface area contributed by atoms with Crippen LogP contribution >= 0.6 is 15.9 Å². The van der Waals surface area contributed by atoms with Crippen LogP contribution in [0.4, 0.5) is 5.69 Å². The van der Waals surface area contributed by atoms with Crippen molar-refractivity contribution < 1.29 is 9.59 Å². The van der Waals surface area contributed by atoms with E-state index in [1.165, 1.54) is 0 Å². The number of aromatic amines is 1. The standard InChI is InChI=1S/C29H25BrN4O2/c30-22-15-13-20(14-16-22)27-25(28(35)21-8-3-1-4-9-21)26(33-23-10-5-2-6-11-23)29(36)34(27)19-7-12-24-31-17-18-32-24/h1-6,8-11,13-18,27,33H,7,12,19H2,(H,31,32). The molecule has 0 bridgehead atoms. The molecule has 0 spiro atoms. The van der Waals surface area contributed by atoms with Gasteiger partial charge in [-0.25, -0.2) is 4.98 Å². The number of H-pyrrole nitrogens is 1. The lowest BCUT2D eigenvalue weighted by atomic mass is 9.92. The Morgan fingerprint density at radius 2 is 1.67 bits per heavy atom. The maximum absolute atomic E-state index is 13.9. The number of carbonyl (C=O) groups excluding carboxylic acids is 2. The van der Waals surface area contributed by atoms with Crippen molar-refractivity contribution in [2.75, 3.05) is 11.9 Å². The van der Waals surface area contributed by atoms with E-state index in [9.17, 15) is 9.59 Å². The van der Waals surface area contributed by atoms with Crippen LogP contribution in [0.1, 0.15) is 34.2 Å². The van der Waals surface area contributed by atoms with Gasteiger partial charge in [0.2, 0.25) is 0 Å². The predicted molar refractivity (Wildman–Crippen MR) is 143 cm³/mol. The fourth-order valence-electron chi connectivity index (χ4n) is 4.51. The predicted octanol–water partition coefficient (Wildman–Crippen LogP) is 5.94. The minimum absolute atomic E-state index is 0.163. The second-order valence-corrected chi connectivity index (χ2v) is 9.48. The van der Waals surface area contributed by atoms with Crippen molar-refractivity contribution in [2.24, 2.45) is 0 Å². The number of aryl methyl sites for hydroxylation is 1. The number of ketones is 1. The summed E-state index contributed by atoms with van der Waals surface area (Å²) < 4.78 is 0.933. The molecule has 0 aliphatic carbocycles. The number of halogens is 1. The largest absolute Gasteiger partial charge is 0.351 e. The summed E-state index contributed by atoms with van der Waals surface area (Å²) in [5, 5.41) is 3.28. The van der Waals surface area contributed by atoms with Crippen molar-refractivity contribution in [3.8, 4) is 0 Å². The van der Waals surface area contributed by atoms with Crippen molar-refractivity contribution >= 4 is 33.3 Å². The molecule has 180 valence electrons. The van der Waals surface area contributed by atoms with E-state index in [1.54, 1.807) is 29.4 Å². The summed E-state index contributed by atoms with van der Waals surface area (Å²) in [4.78, 5) is 37.1. The topological polar surface area (TPSA) is 78.1 Å². The van der Waals surface area contributed by atoms with Gasteiger partial charge >= 0.3 is 0 Å². The summed E-state index contributed by atoms with van der Waals surface area (Å²) in [5.74, 6) is 0.521. The molecular formula is C29H25BrN4O2. The molecule has 36 heavy (non-hydrogen) atoms. The lowest BCUT2D eigenvalue weighted by Gasteiger charge is -2.27. The Morgan fingerprint density at radius 1 is 0.972 bits per heavy atom. The Hall–Kier alpha value is -3.97. The first-order valence-electron chi connectivity index (χ1n) is 11.8. The van der Waals surface area contributed by atoms with E-state index in [0.717, 1.165) is 21.5 Å². The second kappa shape index (κ2) is 10.7. The van der Waals surface area contributed by atoms with Gasteiger partial charge in [0.15, 0.2) is 5.78 Å². The van der Waals surface area contributed by atoms with E-state index in [1.807, 2.05) is 72.8 Å². The molecular weight excluding hydrogens is 516 g/mol. The Morgan fingerprint density at radius 3 is 2.33 bits per heavy atom. The van der Waals surface area contributed by atoms with E-state index in [2.05, 4.69) is 31.2 Å². The number of benzene rings is 3. The molecule has 7 heteroatoms. The van der Waals surface area contributed by atoms with Gasteiger partial charge in [0.1, 0.15) is 11.5 Å². The van der Waals surface area contributed by atoms with Crippen LogP contribution in [0.25, 0.3) is 0 Å². The van der Waals surface area contributed by atoms with Crippen LogP contribution < -0.4 is 5.32 Å². The average molecular weight is 541 g/mol. The molecule has 6 nitrogen and oxygen atoms in total. The third kappa shape index (κ3) is 5.02. The van der Waals surface area contributed by atoms with E-state index in [0.29, 0.717) is 36.2 Å². The number of imidazole rings is 1. The highest BCUT2D eigenvalue weighted by atomic mass is 79.9. The maximum atomic E-state index is 13.9. The van der Waals surface area contributed by atoms with Crippen molar-refractivity contribution in [1.29, 1.82) is 0 Å². The smallest absolute Gasteiger partial charge is 0.271 e. The molecule has 1 amide bonds. The monoisotopic (exact) mass is 540 g/mol. The zero-order chi connectivity index (χ0) is 24.9. The Labute approximate surface area is 218 Å². The molecule has 2 N–H and O–H groups in total. The number of para-hydroxylation sites is 1. The van der Waals surface area contributed by atoms with E-state index in [-0.39, 0.29) is 11.7 Å². The summed E-state index contributed by atoms with van der Waals surface area (Å²) >= 11 is 3.50. The quantitative estimate of drug-likeness (QED) is 0.257. The summed E-state index contributed by atoms with van der Waals surface area (Å²) in [5.41, 5.74) is 2.96. The average Bonchev–Trinajstić information content (AvgIpc) is 3.52. The van der Waals surface area contributed by atoms with Crippen LogP contribution in [-0.2, 0) is 11.2 Å². The highest BCUT2D eigenvalue weighted by molar-refractivity contribution is 9.10. The minimum Gasteiger partial charge on any atom is -0.351 e. The van der Waals surface area contributed by atoms with Gasteiger partial charge < -0.3 is 15.2 Å². The zero-order valence-electron chi connectivity index (χ0n) is 19.5. The summed E-state index contributed by atoms with van der Waals surface area (Å²) in [6.45, 7) is 0.478. The molecule has 5 rings (SSSR count). The third-order valence-corrected chi connectivity index (χ3v) is 6.73. The van der Waals surface area contributed by atoms with Crippen LogP contribution in [-0.4, -0.2) is 33.1 Å². The van der Waals surface area contributed by atoms with Crippen LogP contribution in [0.2, 0.25) is 0 Å². The Kier molecular flexibility index (Phi) is 7.09. The first kappa shape index (κ1) is 23.8. The fourth-order valence-corrected chi connectivity index (χ4v) is 4.78. The number of Topliss-reactive ketones (excluding diaryl/α,β-unsaturated/α-hetero) is 1. The molecule has 1 aliphatic heterocycles. The van der Waals surface area contributed by atoms with Gasteiger partial charge in [0.25, 0.3) is 5.91 Å². The molecule has 2 heterocycles. The van der Waals surface area contributed by atoms with Gasteiger partial charge in [-0.05, 0) is 36.2 Å². The van der Waals surface area contributed by atoms with Gasteiger partial charge in [0, 0.05) is 41.1 Å². The summed E-state index contributed by atoms with van der Waals surface area (Å²) in [6.07, 6.45) is 4.92. The van der Waals surface area contributed by atoms with Gasteiger partial charge in [-0.15, -0.1) is 0 Å². The number of carbonyl (C=O) groups is 2. The number of hydrogen-bond acceptors (Lipinski definition) is 4. The molecule has 1 aliphatic rings. The molecule has 4 aromatic rings. The SMILES string of the molecule is O=C(C1=C(Nc2ccccc2)C(=O)N(CCCc2ncc[nH]2)C1c1ccc(Br)cc1)c1ccccc1. The fraction of sp³-hybridized carbons (Fsp3) is 0.138. The number of amides is 1. The third-order valence-electron chi connectivity index (χ3n) is 6.21. The van der Waals surface area contributed by atoms with E-state index < -0.39 is 6.04 Å². The molecule has 0 saturated carbocycles. The van der Waals surface area contributed by atoms with Crippen LogP contribution in [0, 0.1) is 0 Å². The van der Waals surface area contributed by atoms with Gasteiger partial charge in [-0.2, -0.15) is 0 Å². The highest BCUT2D eigenvalue weighted by Gasteiger charge is 2.43. The molecule has 1 aromatic heterocycles. The first-order valence-corrected chi connectivity index (χ1v) is 12.6. The Bertz CT molecular complexity index is 1370. The highest BCUT2D eigenvalue weighted by Crippen LogP contribution is 2.40. The van der Waals surface area contributed by atoms with E-state index in [4.69, 9.17) is 0 Å². The Balaban J connectivity index is 1.57. The lowest BCUT2D eigenvalue weighted by molar-refractivity contribution is -0.127. The number of anilines is 1.